The normalized spacial score (nSPS) is 16.9. The van der Waals surface area contributed by atoms with Gasteiger partial charge in [-0.15, -0.1) is 9.73 Å². The number of amides is 4. The van der Waals surface area contributed by atoms with Crippen LogP contribution < -0.4 is 20.7 Å². The molecule has 3 heterocycles. The van der Waals surface area contributed by atoms with Gasteiger partial charge in [0.2, 0.25) is 11.6 Å². The van der Waals surface area contributed by atoms with E-state index in [0.717, 1.165) is 11.0 Å². The van der Waals surface area contributed by atoms with Crippen molar-refractivity contribution in [3.05, 3.63) is 18.1 Å². The van der Waals surface area contributed by atoms with Crippen LogP contribution in [-0.2, 0) is 9.53 Å². The number of ether oxygens (including phenoxy) is 2. The lowest BCUT2D eigenvalue weighted by Crippen LogP contribution is -2.51. The van der Waals surface area contributed by atoms with E-state index in [0.29, 0.717) is 0 Å². The second kappa shape index (κ2) is 8.42. The molecule has 0 aromatic carbocycles. The minimum atomic E-state index is -3.50. The van der Waals surface area contributed by atoms with Gasteiger partial charge in [0.1, 0.15) is 6.33 Å². The second-order valence-corrected chi connectivity index (χ2v) is 6.78. The van der Waals surface area contributed by atoms with Crippen molar-refractivity contribution in [2.24, 2.45) is 0 Å². The summed E-state index contributed by atoms with van der Waals surface area (Å²) in [5.74, 6) is -5.08. The number of nitrogens with zero attached hydrogens (tertiary/aromatic N) is 4. The zero-order valence-corrected chi connectivity index (χ0v) is 16.0. The molecule has 1 saturated heterocycles. The van der Waals surface area contributed by atoms with E-state index in [1.807, 2.05) is 0 Å². The highest BCUT2D eigenvalue weighted by atomic mass is 19.3. The number of rotatable bonds is 7. The van der Waals surface area contributed by atoms with E-state index in [1.165, 1.54) is 6.07 Å². The molecule has 1 atom stereocenters. The Labute approximate surface area is 168 Å². The van der Waals surface area contributed by atoms with Crippen LogP contribution in [0.4, 0.5) is 18.4 Å². The van der Waals surface area contributed by atoms with Gasteiger partial charge in [-0.25, -0.2) is 14.6 Å². The van der Waals surface area contributed by atoms with Crippen LogP contribution in [0.25, 0.3) is 5.65 Å². The van der Waals surface area contributed by atoms with E-state index in [2.05, 4.69) is 35.9 Å². The summed E-state index contributed by atoms with van der Waals surface area (Å²) in [7, 11) is 0. The van der Waals surface area contributed by atoms with Crippen molar-refractivity contribution in [1.29, 1.82) is 0 Å². The zero-order valence-electron chi connectivity index (χ0n) is 16.0. The summed E-state index contributed by atoms with van der Waals surface area (Å²) in [5, 5.41) is 14.8. The van der Waals surface area contributed by atoms with Gasteiger partial charge < -0.3 is 20.1 Å². The first-order chi connectivity index (χ1) is 14.1. The molecule has 1 aliphatic heterocycles. The summed E-state index contributed by atoms with van der Waals surface area (Å²) in [4.78, 5) is 38.6. The number of hydrogen-bond acceptors (Lipinski definition) is 8. The molecule has 3 N–H and O–H groups in total. The van der Waals surface area contributed by atoms with Gasteiger partial charge in [0.25, 0.3) is 0 Å². The van der Waals surface area contributed by atoms with Crippen molar-refractivity contribution in [2.45, 2.75) is 31.7 Å². The van der Waals surface area contributed by atoms with E-state index in [1.54, 1.807) is 13.8 Å². The van der Waals surface area contributed by atoms with Crippen molar-refractivity contribution in [1.82, 2.24) is 35.8 Å². The average Bonchev–Trinajstić information content (AvgIpc) is 3.13. The third-order valence-corrected chi connectivity index (χ3v) is 3.88. The maximum atomic E-state index is 14.1. The van der Waals surface area contributed by atoms with Gasteiger partial charge in [0.05, 0.1) is 11.6 Å². The molecule has 0 saturated carbocycles. The van der Waals surface area contributed by atoms with Gasteiger partial charge in [-0.05, 0) is 13.8 Å². The van der Waals surface area contributed by atoms with E-state index in [9.17, 15) is 23.2 Å². The van der Waals surface area contributed by atoms with Crippen LogP contribution in [0.1, 0.15) is 25.5 Å². The van der Waals surface area contributed by atoms with E-state index in [4.69, 9.17) is 4.74 Å². The number of hydrogen-bond donors (Lipinski definition) is 3. The van der Waals surface area contributed by atoms with E-state index in [-0.39, 0.29) is 29.7 Å². The number of imide groups is 1. The highest BCUT2D eigenvalue weighted by Gasteiger charge is 2.34. The number of carbonyl (C=O) groups excluding carboxylic acids is 3. The lowest BCUT2D eigenvalue weighted by molar-refractivity contribution is -0.122. The molecule has 0 aliphatic carbocycles. The molecule has 0 bridgehead atoms. The Hall–Kier alpha value is -3.58. The number of alkyl halides is 2. The van der Waals surface area contributed by atoms with Crippen LogP contribution in [-0.4, -0.2) is 69.6 Å². The molecule has 2 aromatic rings. The second-order valence-electron chi connectivity index (χ2n) is 6.78. The van der Waals surface area contributed by atoms with Gasteiger partial charge in [0, 0.05) is 18.7 Å². The number of halogens is 2. The van der Waals surface area contributed by atoms with Crippen LogP contribution in [0.2, 0.25) is 0 Å². The average molecular weight is 427 g/mol. The van der Waals surface area contributed by atoms with E-state index >= 15 is 0 Å². The van der Waals surface area contributed by atoms with Gasteiger partial charge in [-0.2, -0.15) is 13.9 Å². The van der Waals surface area contributed by atoms with Crippen LogP contribution >= 0.6 is 0 Å². The molecule has 3 rings (SSSR count). The Bertz CT molecular complexity index is 965. The standard InChI is InChI=1S/C16H19F2N7O5/c1-8(2)22-15(28)30-6-16(17,18)5-29-11-3-10(24-25-12(11)20-7-21-25)9-4-19-14(27)23-13(9)26/h3,7-9H,4-6H2,1-2H3,(H,22,28)(H2,19,23,26,27). The summed E-state index contributed by atoms with van der Waals surface area (Å²) in [6.07, 6.45) is 0.167. The Balaban J connectivity index is 1.72. The third-order valence-electron chi connectivity index (χ3n) is 3.88. The van der Waals surface area contributed by atoms with Crippen LogP contribution in [0.3, 0.4) is 0 Å². The summed E-state index contributed by atoms with van der Waals surface area (Å²) < 4.78 is 38.9. The first-order valence-electron chi connectivity index (χ1n) is 8.88. The smallest absolute Gasteiger partial charge is 0.407 e. The molecule has 1 aliphatic rings. The Kier molecular flexibility index (Phi) is 5.94. The Morgan fingerprint density at radius 3 is 2.87 bits per heavy atom. The number of aromatic nitrogens is 4. The summed E-state index contributed by atoms with van der Waals surface area (Å²) >= 11 is 0. The third kappa shape index (κ3) is 5.07. The predicted octanol–water partition coefficient (Wildman–Crippen LogP) is 0.196. The molecule has 1 fully saturated rings. The fraction of sp³-hybridized carbons (Fsp3) is 0.500. The molecular weight excluding hydrogens is 408 g/mol. The molecule has 4 amide bonds. The van der Waals surface area contributed by atoms with Gasteiger partial charge in [-0.3, -0.25) is 10.1 Å². The number of alkyl carbamates (subject to hydrolysis) is 1. The van der Waals surface area contributed by atoms with Gasteiger partial charge in [0.15, 0.2) is 19.0 Å². The summed E-state index contributed by atoms with van der Waals surface area (Å²) in [5.41, 5.74) is 0.185. The fourth-order valence-electron chi connectivity index (χ4n) is 2.53. The quantitative estimate of drug-likeness (QED) is 0.567. The predicted molar refractivity (Wildman–Crippen MR) is 95.1 cm³/mol. The SMILES string of the molecule is CC(C)NC(=O)OCC(F)(F)COc1cc(C2CNC(=O)NC2=O)nn2ncnc12. The molecule has 30 heavy (non-hydrogen) atoms. The minimum Gasteiger partial charge on any atom is -0.483 e. The molecule has 12 nitrogen and oxygen atoms in total. The highest BCUT2D eigenvalue weighted by Crippen LogP contribution is 2.25. The van der Waals surface area contributed by atoms with Crippen molar-refractivity contribution in [3.8, 4) is 5.75 Å². The Morgan fingerprint density at radius 1 is 1.40 bits per heavy atom. The largest absolute Gasteiger partial charge is 0.483 e. The maximum absolute atomic E-state index is 14.1. The molecule has 0 radical (unpaired) electrons. The number of carbonyl (C=O) groups is 3. The van der Waals surface area contributed by atoms with Crippen LogP contribution in [0.15, 0.2) is 12.4 Å². The molecule has 162 valence electrons. The molecule has 2 aromatic heterocycles. The first kappa shape index (κ1) is 21.1. The fourth-order valence-corrected chi connectivity index (χ4v) is 2.53. The molecule has 1 unspecified atom stereocenters. The van der Waals surface area contributed by atoms with Gasteiger partial charge in [-0.1, -0.05) is 0 Å². The topological polar surface area (TPSA) is 149 Å². The molecular formula is C16H19F2N7O5. The first-order valence-corrected chi connectivity index (χ1v) is 8.88. The maximum Gasteiger partial charge on any atom is 0.407 e. The van der Waals surface area contributed by atoms with Crippen molar-refractivity contribution in [3.63, 3.8) is 0 Å². The van der Waals surface area contributed by atoms with Crippen molar-refractivity contribution < 1.29 is 32.6 Å². The molecule has 0 spiro atoms. The monoisotopic (exact) mass is 427 g/mol. The van der Waals surface area contributed by atoms with Crippen molar-refractivity contribution >= 4 is 23.7 Å². The number of urea groups is 1. The minimum absolute atomic E-state index is 0.0354. The zero-order chi connectivity index (χ0) is 21.9. The lowest BCUT2D eigenvalue weighted by atomic mass is 10.0. The highest BCUT2D eigenvalue weighted by molar-refractivity contribution is 6.00. The van der Waals surface area contributed by atoms with E-state index < -0.39 is 43.1 Å². The summed E-state index contributed by atoms with van der Waals surface area (Å²) in [6, 6.07) is 0.366. The number of nitrogens with one attached hydrogen (secondary N) is 3. The Morgan fingerprint density at radius 2 is 2.17 bits per heavy atom. The van der Waals surface area contributed by atoms with Crippen LogP contribution in [0, 0.1) is 0 Å². The van der Waals surface area contributed by atoms with Crippen LogP contribution in [0.5, 0.6) is 5.75 Å². The lowest BCUT2D eigenvalue weighted by Gasteiger charge is -2.22. The molecule has 14 heteroatoms. The number of fused-ring (bicyclic) bond motifs is 1. The van der Waals surface area contributed by atoms with Gasteiger partial charge >= 0.3 is 18.0 Å². The summed E-state index contributed by atoms with van der Waals surface area (Å²) in [6.45, 7) is 0.966. The van der Waals surface area contributed by atoms with Crippen molar-refractivity contribution in [2.75, 3.05) is 19.8 Å².